The quantitative estimate of drug-likeness (QED) is 0.283. The number of para-hydroxylation sites is 1. The molecule has 0 aromatic heterocycles. The molecule has 0 amide bonds. The summed E-state index contributed by atoms with van der Waals surface area (Å²) in [6, 6.07) is 5.05. The van der Waals surface area contributed by atoms with Gasteiger partial charge in [-0.25, -0.2) is 0 Å². The lowest BCUT2D eigenvalue weighted by Gasteiger charge is -2.17. The van der Waals surface area contributed by atoms with Crippen molar-refractivity contribution >= 4 is 5.96 Å². The third-order valence-electron chi connectivity index (χ3n) is 3.68. The maximum Gasteiger partial charge on any atom is 0.387 e. The summed E-state index contributed by atoms with van der Waals surface area (Å²) in [5, 5.41) is 6.28. The Bertz CT molecular complexity index is 574. The summed E-state index contributed by atoms with van der Waals surface area (Å²) < 4.78 is 45.9. The van der Waals surface area contributed by atoms with Crippen molar-refractivity contribution < 1.29 is 27.7 Å². The van der Waals surface area contributed by atoms with Crippen LogP contribution in [0.5, 0.6) is 11.5 Å². The molecule has 2 N–H and O–H groups in total. The number of ether oxygens (including phenoxy) is 4. The normalized spacial score (nSPS) is 11.6. The van der Waals surface area contributed by atoms with Crippen molar-refractivity contribution in [2.75, 3.05) is 47.1 Å². The highest BCUT2D eigenvalue weighted by molar-refractivity contribution is 5.79. The summed E-state index contributed by atoms with van der Waals surface area (Å²) >= 11 is 0. The molecule has 1 rings (SSSR count). The van der Waals surface area contributed by atoms with Gasteiger partial charge < -0.3 is 29.6 Å². The van der Waals surface area contributed by atoms with Gasteiger partial charge in [-0.05, 0) is 25.8 Å². The fraction of sp³-hybridized carbons (Fsp3) is 0.632. The van der Waals surface area contributed by atoms with Crippen LogP contribution in [0.15, 0.2) is 23.2 Å². The number of guanidine groups is 1. The van der Waals surface area contributed by atoms with Gasteiger partial charge in [0.05, 0.1) is 19.8 Å². The van der Waals surface area contributed by atoms with Gasteiger partial charge in [0.15, 0.2) is 17.5 Å². The Hall–Kier alpha value is -2.13. The molecular weight excluding hydrogens is 372 g/mol. The van der Waals surface area contributed by atoms with Gasteiger partial charge in [0, 0.05) is 39.4 Å². The lowest BCUT2D eigenvalue weighted by molar-refractivity contribution is -0.0520. The van der Waals surface area contributed by atoms with Gasteiger partial charge in [0.2, 0.25) is 0 Å². The molecule has 28 heavy (non-hydrogen) atoms. The van der Waals surface area contributed by atoms with E-state index in [2.05, 4.69) is 20.4 Å². The molecule has 0 saturated carbocycles. The number of aliphatic imine (C=N–C) groups is 1. The summed E-state index contributed by atoms with van der Waals surface area (Å²) in [5.41, 5.74) is 0.556. The molecule has 0 atom stereocenters. The highest BCUT2D eigenvalue weighted by Crippen LogP contribution is 2.32. The highest BCUT2D eigenvalue weighted by Gasteiger charge is 2.15. The number of unbranched alkanes of at least 4 members (excludes halogenated alkanes) is 1. The van der Waals surface area contributed by atoms with Crippen LogP contribution in [0.3, 0.4) is 0 Å². The largest absolute Gasteiger partial charge is 0.490 e. The highest BCUT2D eigenvalue weighted by atomic mass is 19.3. The van der Waals surface area contributed by atoms with Crippen LogP contribution >= 0.6 is 0 Å². The average Bonchev–Trinajstić information content (AvgIpc) is 2.68. The predicted molar refractivity (Wildman–Crippen MR) is 104 cm³/mol. The Morgan fingerprint density at radius 1 is 1.14 bits per heavy atom. The van der Waals surface area contributed by atoms with Crippen molar-refractivity contribution in [3.63, 3.8) is 0 Å². The average molecular weight is 403 g/mol. The Kier molecular flexibility index (Phi) is 12.7. The van der Waals surface area contributed by atoms with E-state index in [0.29, 0.717) is 50.2 Å². The Labute approximate surface area is 165 Å². The van der Waals surface area contributed by atoms with E-state index in [1.54, 1.807) is 39.3 Å². The first-order chi connectivity index (χ1) is 13.6. The number of halogens is 2. The smallest absolute Gasteiger partial charge is 0.387 e. The maximum absolute atomic E-state index is 12.8. The van der Waals surface area contributed by atoms with Crippen molar-refractivity contribution in [2.45, 2.75) is 32.9 Å². The molecule has 0 aliphatic rings. The fourth-order valence-electron chi connectivity index (χ4n) is 2.37. The minimum atomic E-state index is -2.93. The second-order valence-electron chi connectivity index (χ2n) is 5.72. The van der Waals surface area contributed by atoms with Crippen molar-refractivity contribution in [1.82, 2.24) is 10.6 Å². The number of nitrogens with one attached hydrogen (secondary N) is 2. The molecule has 0 saturated heterocycles. The van der Waals surface area contributed by atoms with Crippen LogP contribution in [-0.2, 0) is 16.0 Å². The Morgan fingerprint density at radius 3 is 2.64 bits per heavy atom. The van der Waals surface area contributed by atoms with Gasteiger partial charge in [-0.15, -0.1) is 0 Å². The minimum Gasteiger partial charge on any atom is -0.490 e. The summed E-state index contributed by atoms with van der Waals surface area (Å²) in [7, 11) is 3.29. The number of hydrogen-bond donors (Lipinski definition) is 2. The van der Waals surface area contributed by atoms with Crippen LogP contribution in [0.25, 0.3) is 0 Å². The number of nitrogens with zero attached hydrogens (tertiary/aromatic N) is 1. The van der Waals surface area contributed by atoms with E-state index < -0.39 is 6.61 Å². The Morgan fingerprint density at radius 2 is 1.96 bits per heavy atom. The van der Waals surface area contributed by atoms with Gasteiger partial charge in [-0.3, -0.25) is 4.99 Å². The van der Waals surface area contributed by atoms with Gasteiger partial charge >= 0.3 is 6.61 Å². The van der Waals surface area contributed by atoms with Crippen molar-refractivity contribution in [3.8, 4) is 11.5 Å². The van der Waals surface area contributed by atoms with Gasteiger partial charge in [-0.1, -0.05) is 12.1 Å². The van der Waals surface area contributed by atoms with Gasteiger partial charge in [-0.2, -0.15) is 8.78 Å². The van der Waals surface area contributed by atoms with E-state index in [1.807, 2.05) is 0 Å². The first-order valence-electron chi connectivity index (χ1n) is 9.33. The van der Waals surface area contributed by atoms with Crippen LogP contribution in [0, 0.1) is 0 Å². The van der Waals surface area contributed by atoms with Crippen molar-refractivity contribution in [2.24, 2.45) is 4.99 Å². The summed E-state index contributed by atoms with van der Waals surface area (Å²) in [4.78, 5) is 4.14. The molecule has 7 nitrogen and oxygen atoms in total. The molecule has 0 fully saturated rings. The second kappa shape index (κ2) is 14.9. The monoisotopic (exact) mass is 403 g/mol. The van der Waals surface area contributed by atoms with E-state index in [4.69, 9.17) is 14.2 Å². The molecule has 0 bridgehead atoms. The zero-order valence-corrected chi connectivity index (χ0v) is 16.8. The fourth-order valence-corrected chi connectivity index (χ4v) is 2.37. The molecule has 1 aromatic carbocycles. The number of hydrogen-bond acceptors (Lipinski definition) is 5. The molecule has 0 aliphatic heterocycles. The second-order valence-corrected chi connectivity index (χ2v) is 5.72. The Balaban J connectivity index is 2.47. The number of methoxy groups -OCH3 is 1. The van der Waals surface area contributed by atoms with Crippen molar-refractivity contribution in [3.05, 3.63) is 23.8 Å². The van der Waals surface area contributed by atoms with Crippen LogP contribution in [0.4, 0.5) is 8.78 Å². The number of rotatable bonds is 14. The summed E-state index contributed by atoms with van der Waals surface area (Å²) in [5.74, 6) is 0.902. The predicted octanol–water partition coefficient (Wildman–Crippen LogP) is 2.79. The minimum absolute atomic E-state index is 0.0375. The topological polar surface area (TPSA) is 73.3 Å². The lowest BCUT2D eigenvalue weighted by Crippen LogP contribution is -2.37. The summed E-state index contributed by atoms with van der Waals surface area (Å²) in [6.45, 7) is 2.06. The van der Waals surface area contributed by atoms with Crippen molar-refractivity contribution in [1.29, 1.82) is 0 Å². The van der Waals surface area contributed by atoms with E-state index in [-0.39, 0.29) is 12.3 Å². The summed E-state index contributed by atoms with van der Waals surface area (Å²) in [6.07, 6.45) is 1.82. The van der Waals surface area contributed by atoms with Gasteiger partial charge in [0.1, 0.15) is 0 Å². The molecule has 0 spiro atoms. The van der Waals surface area contributed by atoms with Crippen LogP contribution in [-0.4, -0.2) is 59.7 Å². The van der Waals surface area contributed by atoms with E-state index in [1.165, 1.54) is 0 Å². The first-order valence-corrected chi connectivity index (χ1v) is 9.33. The molecule has 0 aliphatic carbocycles. The van der Waals surface area contributed by atoms with Crippen LogP contribution in [0.1, 0.15) is 25.3 Å². The van der Waals surface area contributed by atoms with E-state index in [9.17, 15) is 8.78 Å². The third-order valence-corrected chi connectivity index (χ3v) is 3.68. The van der Waals surface area contributed by atoms with Gasteiger partial charge in [0.25, 0.3) is 0 Å². The molecule has 160 valence electrons. The van der Waals surface area contributed by atoms with E-state index in [0.717, 1.165) is 12.8 Å². The standard InChI is InChI=1S/C19H31F2N3O4/c1-4-27-16-9-7-8-15(17(16)28-18(20)21)14-24-19(22-2)23-10-5-6-11-26-13-12-25-3/h7-9,18H,4-6,10-14H2,1-3H3,(H2,22,23,24). The first kappa shape index (κ1) is 23.9. The zero-order valence-electron chi connectivity index (χ0n) is 16.8. The molecule has 0 unspecified atom stereocenters. The van der Waals surface area contributed by atoms with Crippen LogP contribution < -0.4 is 20.1 Å². The van der Waals surface area contributed by atoms with E-state index >= 15 is 0 Å². The zero-order chi connectivity index (χ0) is 20.6. The maximum atomic E-state index is 12.8. The third kappa shape index (κ3) is 9.70. The molecule has 9 heteroatoms. The molecule has 0 heterocycles. The number of benzene rings is 1. The molecule has 1 aromatic rings. The molecule has 0 radical (unpaired) electrons. The van der Waals surface area contributed by atoms with Crippen LogP contribution in [0.2, 0.25) is 0 Å². The SMILES string of the molecule is CCOc1cccc(CNC(=NC)NCCCCOCCOC)c1OC(F)F. The number of alkyl halides is 2. The molecular formula is C19H31F2N3O4. The lowest BCUT2D eigenvalue weighted by atomic mass is 10.2.